The molecule has 0 bridgehead atoms. The lowest BCUT2D eigenvalue weighted by molar-refractivity contribution is 1.49. The van der Waals surface area contributed by atoms with E-state index in [0.29, 0.717) is 0 Å². The van der Waals surface area contributed by atoms with E-state index < -0.39 is 15.8 Å². The summed E-state index contributed by atoms with van der Waals surface area (Å²) < 4.78 is 1.21. The quantitative estimate of drug-likeness (QED) is 0.145. The van der Waals surface area contributed by atoms with E-state index in [2.05, 4.69) is 190 Å². The lowest BCUT2D eigenvalue weighted by Crippen LogP contribution is -2.27. The number of para-hydroxylation sites is 1. The zero-order chi connectivity index (χ0) is 33.2. The maximum atomic E-state index is 5.15. The zero-order valence-electron chi connectivity index (χ0n) is 27.5. The van der Waals surface area contributed by atoms with Crippen LogP contribution in [0.3, 0.4) is 0 Å². The summed E-state index contributed by atoms with van der Waals surface area (Å²) in [6, 6.07) is 64.6. The van der Waals surface area contributed by atoms with E-state index in [-0.39, 0.29) is 0 Å². The smallest absolute Gasteiger partial charge is 0.125 e. The van der Waals surface area contributed by atoms with Gasteiger partial charge in [-0.3, -0.25) is 0 Å². The van der Waals surface area contributed by atoms with Gasteiger partial charge in [-0.1, -0.05) is 164 Å². The third-order valence-electron chi connectivity index (χ3n) is 8.98. The molecule has 0 spiro atoms. The molecule has 0 fully saturated rings. The van der Waals surface area contributed by atoms with E-state index in [4.69, 9.17) is 4.98 Å². The van der Waals surface area contributed by atoms with Crippen LogP contribution in [0.25, 0.3) is 31.9 Å². The van der Waals surface area contributed by atoms with Crippen molar-refractivity contribution in [3.8, 4) is 21.7 Å². The zero-order valence-corrected chi connectivity index (χ0v) is 30.1. The Hall–Kier alpha value is -4.71. The van der Waals surface area contributed by atoms with E-state index >= 15 is 0 Å². The summed E-state index contributed by atoms with van der Waals surface area (Å²) in [7, 11) is -1.77. The minimum Gasteiger partial charge on any atom is -0.236 e. The Bertz CT molecular complexity index is 2320. The number of nitrogens with zero attached hydrogens (tertiary/aromatic N) is 1. The van der Waals surface area contributed by atoms with Gasteiger partial charge in [0.15, 0.2) is 0 Å². The Labute approximate surface area is 295 Å². The van der Waals surface area contributed by atoms with E-state index in [0.717, 1.165) is 10.5 Å². The van der Waals surface area contributed by atoms with Crippen LogP contribution in [0.1, 0.15) is 11.1 Å². The molecular formula is C45H35NP2S. The second-order valence-corrected chi connectivity index (χ2v) is 17.4. The number of thiazole rings is 1. The number of rotatable bonds is 8. The highest BCUT2D eigenvalue weighted by atomic mass is 32.1. The summed E-state index contributed by atoms with van der Waals surface area (Å²) in [5.74, 6) is 0. The summed E-state index contributed by atoms with van der Waals surface area (Å²) in [6.07, 6.45) is 0. The van der Waals surface area contributed by atoms with Crippen LogP contribution in [-0.2, 0) is 0 Å². The topological polar surface area (TPSA) is 12.9 Å². The monoisotopic (exact) mass is 683 g/mol. The maximum Gasteiger partial charge on any atom is 0.125 e. The molecular weight excluding hydrogens is 649 g/mol. The van der Waals surface area contributed by atoms with Crippen molar-refractivity contribution in [2.75, 3.05) is 0 Å². The standard InChI is InChI=1S/C45H35NP2S/c1-32-18-6-12-26-39(32)48(40-27-13-7-19-33(40)2)42-29-15-9-23-36(42)35-22-8-14-28-41(35)47(34-20-4-3-5-21-34)43-30-16-10-24-37(43)45-46-38-25-11-17-31-44(38)49-45/h3-31H,1-2H3. The average molecular weight is 684 g/mol. The van der Waals surface area contributed by atoms with Gasteiger partial charge in [0.1, 0.15) is 5.01 Å². The fraction of sp³-hybridized carbons (Fsp3) is 0.0444. The third-order valence-corrected chi connectivity index (χ3v) is 15.4. The van der Waals surface area contributed by atoms with Crippen LogP contribution in [0, 0.1) is 13.8 Å². The summed E-state index contributed by atoms with van der Waals surface area (Å²) in [5, 5.41) is 9.28. The Morgan fingerprint density at radius 1 is 0.388 bits per heavy atom. The number of benzene rings is 7. The minimum atomic E-state index is -0.943. The van der Waals surface area contributed by atoms with Crippen molar-refractivity contribution < 1.29 is 0 Å². The van der Waals surface area contributed by atoms with Gasteiger partial charge in [-0.2, -0.15) is 0 Å². The SMILES string of the molecule is Cc1ccccc1P(c1ccccc1C)c1ccccc1-c1ccccc1P(c1ccccc1)c1ccccc1-c1nc2ccccc2s1. The Kier molecular flexibility index (Phi) is 9.03. The summed E-state index contributed by atoms with van der Waals surface area (Å²) in [6.45, 7) is 4.51. The van der Waals surface area contributed by atoms with Gasteiger partial charge < -0.3 is 0 Å². The lowest BCUT2D eigenvalue weighted by atomic mass is 10.1. The molecule has 1 unspecified atom stereocenters. The molecule has 49 heavy (non-hydrogen) atoms. The van der Waals surface area contributed by atoms with Gasteiger partial charge in [0.25, 0.3) is 0 Å². The van der Waals surface area contributed by atoms with Gasteiger partial charge in [0.05, 0.1) is 10.2 Å². The highest BCUT2D eigenvalue weighted by Crippen LogP contribution is 2.44. The van der Waals surface area contributed by atoms with E-state index in [1.54, 1.807) is 11.3 Å². The first-order valence-electron chi connectivity index (χ1n) is 16.6. The fourth-order valence-corrected chi connectivity index (χ4v) is 13.1. The molecule has 7 aromatic carbocycles. The van der Waals surface area contributed by atoms with Crippen LogP contribution in [0.2, 0.25) is 0 Å². The fourth-order valence-electron chi connectivity index (χ4n) is 6.63. The highest BCUT2D eigenvalue weighted by molar-refractivity contribution is 7.81. The molecule has 1 heterocycles. The van der Waals surface area contributed by atoms with Crippen LogP contribution in [0.15, 0.2) is 176 Å². The first-order valence-corrected chi connectivity index (χ1v) is 20.1. The number of aryl methyl sites for hydroxylation is 2. The minimum absolute atomic E-state index is 0.828. The van der Waals surface area contributed by atoms with Gasteiger partial charge in [0.2, 0.25) is 0 Å². The second-order valence-electron chi connectivity index (χ2n) is 12.1. The molecule has 1 aromatic heterocycles. The second kappa shape index (κ2) is 14.0. The Morgan fingerprint density at radius 3 is 1.39 bits per heavy atom. The lowest BCUT2D eigenvalue weighted by Gasteiger charge is -2.28. The van der Waals surface area contributed by atoms with Crippen molar-refractivity contribution in [2.45, 2.75) is 13.8 Å². The normalized spacial score (nSPS) is 12.0. The van der Waals surface area contributed by atoms with Gasteiger partial charge in [-0.15, -0.1) is 11.3 Å². The number of hydrogen-bond donors (Lipinski definition) is 0. The summed E-state index contributed by atoms with van der Waals surface area (Å²) in [5.41, 5.74) is 7.52. The molecule has 0 aliphatic carbocycles. The summed E-state index contributed by atoms with van der Waals surface area (Å²) >= 11 is 1.78. The van der Waals surface area contributed by atoms with E-state index in [9.17, 15) is 0 Å². The molecule has 0 saturated heterocycles. The number of fused-ring (bicyclic) bond motifs is 1. The van der Waals surface area contributed by atoms with Gasteiger partial charge in [-0.05, 0) is 95.9 Å². The molecule has 236 valence electrons. The van der Waals surface area contributed by atoms with Crippen LogP contribution >= 0.6 is 27.2 Å². The largest absolute Gasteiger partial charge is 0.236 e. The molecule has 0 radical (unpaired) electrons. The van der Waals surface area contributed by atoms with Crippen molar-refractivity contribution in [3.63, 3.8) is 0 Å². The molecule has 1 nitrogen and oxygen atoms in total. The van der Waals surface area contributed by atoms with Crippen LogP contribution in [0.4, 0.5) is 0 Å². The third kappa shape index (κ3) is 6.18. The van der Waals surface area contributed by atoms with Crippen molar-refractivity contribution in [1.82, 2.24) is 4.98 Å². The first kappa shape index (κ1) is 31.6. The molecule has 0 N–H and O–H groups in total. The van der Waals surface area contributed by atoms with Crippen molar-refractivity contribution in [2.24, 2.45) is 0 Å². The molecule has 0 amide bonds. The van der Waals surface area contributed by atoms with E-state index in [1.165, 1.54) is 64.3 Å². The van der Waals surface area contributed by atoms with Crippen LogP contribution in [-0.4, -0.2) is 4.98 Å². The molecule has 8 rings (SSSR count). The Balaban J connectivity index is 1.37. The molecule has 0 aliphatic heterocycles. The summed E-state index contributed by atoms with van der Waals surface area (Å²) in [4.78, 5) is 5.15. The number of hydrogen-bond acceptors (Lipinski definition) is 2. The predicted molar refractivity (Wildman–Crippen MR) is 217 cm³/mol. The molecule has 0 aliphatic rings. The van der Waals surface area contributed by atoms with E-state index in [1.807, 2.05) is 0 Å². The van der Waals surface area contributed by atoms with Crippen molar-refractivity contribution in [3.05, 3.63) is 187 Å². The van der Waals surface area contributed by atoms with Crippen LogP contribution in [0.5, 0.6) is 0 Å². The van der Waals surface area contributed by atoms with Crippen LogP contribution < -0.4 is 31.8 Å². The highest BCUT2D eigenvalue weighted by Gasteiger charge is 2.27. The van der Waals surface area contributed by atoms with Crippen molar-refractivity contribution in [1.29, 1.82) is 0 Å². The maximum absolute atomic E-state index is 5.15. The molecule has 1 atom stereocenters. The molecule has 0 saturated carbocycles. The Morgan fingerprint density at radius 2 is 0.816 bits per heavy atom. The first-order chi connectivity index (χ1) is 24.2. The molecule has 8 aromatic rings. The predicted octanol–water partition coefficient (Wildman–Crippen LogP) is 9.76. The van der Waals surface area contributed by atoms with Gasteiger partial charge in [-0.25, -0.2) is 4.98 Å². The van der Waals surface area contributed by atoms with Gasteiger partial charge in [0, 0.05) is 5.56 Å². The molecule has 4 heteroatoms. The van der Waals surface area contributed by atoms with Crippen molar-refractivity contribution >= 4 is 69.2 Å². The average Bonchev–Trinajstić information content (AvgIpc) is 3.59. The number of aromatic nitrogens is 1. The van der Waals surface area contributed by atoms with Gasteiger partial charge >= 0.3 is 0 Å².